The van der Waals surface area contributed by atoms with Crippen molar-refractivity contribution >= 4 is 0 Å². The fourth-order valence-electron chi connectivity index (χ4n) is 5.53. The lowest BCUT2D eigenvalue weighted by atomic mass is 9.52. The van der Waals surface area contributed by atoms with Gasteiger partial charge in [-0.3, -0.25) is 0 Å². The first kappa shape index (κ1) is 18.3. The molecule has 1 fully saturated rings. The summed E-state index contributed by atoms with van der Waals surface area (Å²) in [5.74, 6) is 0.572. The van der Waals surface area contributed by atoms with E-state index in [1.54, 1.807) is 6.07 Å². The van der Waals surface area contributed by atoms with Crippen LogP contribution in [-0.4, -0.2) is 27.0 Å². The smallest absolute Gasteiger partial charge is 0.115 e. The molecule has 142 valence electrons. The van der Waals surface area contributed by atoms with Gasteiger partial charge in [-0.15, -0.1) is 6.58 Å². The number of rotatable bonds is 4. The summed E-state index contributed by atoms with van der Waals surface area (Å²) in [6.07, 6.45) is 5.32. The van der Waals surface area contributed by atoms with E-state index in [-0.39, 0.29) is 17.1 Å². The highest BCUT2D eigenvalue weighted by molar-refractivity contribution is 5.44. The Kier molecular flexibility index (Phi) is 4.61. The summed E-state index contributed by atoms with van der Waals surface area (Å²) in [6, 6.07) is 15.5. The lowest BCUT2D eigenvalue weighted by Crippen LogP contribution is -2.58. The zero-order valence-corrected chi connectivity index (χ0v) is 15.6. The molecule has 4 rings (SSSR count). The standard InChI is InChI=1S/C24H28O3/c1-2-12-23-16-22(26)24(27,14-17-6-4-3-5-7-17)15-19(23)9-8-18-13-20(25)10-11-21(18)23/h2-7,10-11,13,19,22,25-27H,1,8-9,12,14-16H2/t19-,22-,23-,24+/m1/s1. The van der Waals surface area contributed by atoms with Gasteiger partial charge in [0.05, 0.1) is 11.7 Å². The van der Waals surface area contributed by atoms with Crippen LogP contribution in [0.15, 0.2) is 61.2 Å². The van der Waals surface area contributed by atoms with Crippen molar-refractivity contribution in [2.75, 3.05) is 0 Å². The predicted molar refractivity (Wildman–Crippen MR) is 107 cm³/mol. The minimum absolute atomic E-state index is 0.217. The third-order valence-corrected chi connectivity index (χ3v) is 6.81. The van der Waals surface area contributed by atoms with Crippen LogP contribution in [0.4, 0.5) is 0 Å². The Labute approximate surface area is 161 Å². The molecule has 1 saturated carbocycles. The normalized spacial score (nSPS) is 32.4. The molecule has 0 aromatic heterocycles. The molecular weight excluding hydrogens is 336 g/mol. The second-order valence-electron chi connectivity index (χ2n) is 8.42. The Hall–Kier alpha value is -2.10. The number of aliphatic hydroxyl groups is 2. The molecule has 2 aromatic carbocycles. The number of phenolic OH excluding ortho intramolecular Hbond substituents is 1. The van der Waals surface area contributed by atoms with Crippen LogP contribution in [0.5, 0.6) is 5.75 Å². The van der Waals surface area contributed by atoms with Gasteiger partial charge in [-0.1, -0.05) is 42.5 Å². The molecule has 0 bridgehead atoms. The van der Waals surface area contributed by atoms with Crippen LogP contribution in [0.2, 0.25) is 0 Å². The van der Waals surface area contributed by atoms with Gasteiger partial charge in [0.15, 0.2) is 0 Å². The van der Waals surface area contributed by atoms with Crippen molar-refractivity contribution in [3.8, 4) is 5.75 Å². The lowest BCUT2D eigenvalue weighted by Gasteiger charge is -2.55. The first-order valence-electron chi connectivity index (χ1n) is 9.84. The molecule has 0 radical (unpaired) electrons. The van der Waals surface area contributed by atoms with E-state index in [2.05, 4.69) is 6.58 Å². The summed E-state index contributed by atoms with van der Waals surface area (Å²) in [7, 11) is 0. The Morgan fingerprint density at radius 2 is 1.89 bits per heavy atom. The SMILES string of the molecule is C=CC[C@@]12C[C@@H](O)[C@](O)(Cc3ccccc3)C[C@H]1CCc1cc(O)ccc12. The molecule has 3 N–H and O–H groups in total. The zero-order valence-electron chi connectivity index (χ0n) is 15.6. The predicted octanol–water partition coefficient (Wildman–Crippen LogP) is 3.90. The maximum atomic E-state index is 11.4. The minimum atomic E-state index is -1.11. The van der Waals surface area contributed by atoms with Crippen molar-refractivity contribution < 1.29 is 15.3 Å². The Morgan fingerprint density at radius 3 is 2.63 bits per heavy atom. The van der Waals surface area contributed by atoms with E-state index in [1.165, 1.54) is 5.56 Å². The number of aryl methyl sites for hydroxylation is 1. The van der Waals surface area contributed by atoms with Gasteiger partial charge in [0.2, 0.25) is 0 Å². The van der Waals surface area contributed by atoms with Gasteiger partial charge in [0, 0.05) is 11.8 Å². The van der Waals surface area contributed by atoms with E-state index in [4.69, 9.17) is 0 Å². The van der Waals surface area contributed by atoms with E-state index in [9.17, 15) is 15.3 Å². The van der Waals surface area contributed by atoms with Crippen molar-refractivity contribution in [3.63, 3.8) is 0 Å². The van der Waals surface area contributed by atoms with Crippen LogP contribution in [0.3, 0.4) is 0 Å². The van der Waals surface area contributed by atoms with E-state index < -0.39 is 11.7 Å². The van der Waals surface area contributed by atoms with E-state index in [0.29, 0.717) is 19.3 Å². The number of hydrogen-bond donors (Lipinski definition) is 3. The van der Waals surface area contributed by atoms with E-state index in [1.807, 2.05) is 48.5 Å². The van der Waals surface area contributed by atoms with Gasteiger partial charge in [-0.05, 0) is 66.8 Å². The van der Waals surface area contributed by atoms with Gasteiger partial charge in [0.1, 0.15) is 5.75 Å². The Morgan fingerprint density at radius 1 is 1.11 bits per heavy atom. The fourth-order valence-corrected chi connectivity index (χ4v) is 5.53. The summed E-state index contributed by atoms with van der Waals surface area (Å²) in [5.41, 5.74) is 2.10. The summed E-state index contributed by atoms with van der Waals surface area (Å²) in [4.78, 5) is 0. The minimum Gasteiger partial charge on any atom is -0.508 e. The second-order valence-corrected chi connectivity index (χ2v) is 8.42. The van der Waals surface area contributed by atoms with Crippen LogP contribution in [-0.2, 0) is 18.3 Å². The number of fused-ring (bicyclic) bond motifs is 3. The molecule has 4 atom stereocenters. The molecule has 0 spiro atoms. The van der Waals surface area contributed by atoms with E-state index >= 15 is 0 Å². The molecule has 2 aromatic rings. The molecule has 0 heterocycles. The molecule has 2 aliphatic carbocycles. The summed E-state index contributed by atoms with van der Waals surface area (Å²) in [5, 5.41) is 32.3. The van der Waals surface area contributed by atoms with Crippen molar-refractivity contribution in [2.45, 2.75) is 55.6 Å². The topological polar surface area (TPSA) is 60.7 Å². The quantitative estimate of drug-likeness (QED) is 0.721. The van der Waals surface area contributed by atoms with Gasteiger partial charge < -0.3 is 15.3 Å². The third-order valence-electron chi connectivity index (χ3n) is 6.81. The highest BCUT2D eigenvalue weighted by atomic mass is 16.3. The number of benzene rings is 2. The molecule has 0 unspecified atom stereocenters. The number of phenols is 1. The van der Waals surface area contributed by atoms with Crippen molar-refractivity contribution in [1.29, 1.82) is 0 Å². The molecular formula is C24H28O3. The highest BCUT2D eigenvalue weighted by Gasteiger charge is 2.55. The van der Waals surface area contributed by atoms with Crippen molar-refractivity contribution in [3.05, 3.63) is 77.9 Å². The molecule has 0 aliphatic heterocycles. The molecule has 27 heavy (non-hydrogen) atoms. The number of aliphatic hydroxyl groups excluding tert-OH is 1. The first-order valence-corrected chi connectivity index (χ1v) is 9.84. The van der Waals surface area contributed by atoms with Crippen LogP contribution in [0, 0.1) is 5.92 Å². The maximum absolute atomic E-state index is 11.4. The molecule has 2 aliphatic rings. The monoisotopic (exact) mass is 364 g/mol. The van der Waals surface area contributed by atoms with Gasteiger partial charge in [0.25, 0.3) is 0 Å². The van der Waals surface area contributed by atoms with Gasteiger partial charge in [-0.2, -0.15) is 0 Å². The molecule has 0 saturated heterocycles. The summed E-state index contributed by atoms with van der Waals surface area (Å²) < 4.78 is 0. The molecule has 0 amide bonds. The van der Waals surface area contributed by atoms with Crippen LogP contribution < -0.4 is 0 Å². The average Bonchev–Trinajstić information content (AvgIpc) is 2.64. The Bertz CT molecular complexity index is 831. The third kappa shape index (κ3) is 3.09. The average molecular weight is 364 g/mol. The van der Waals surface area contributed by atoms with Crippen LogP contribution >= 0.6 is 0 Å². The molecule has 3 heteroatoms. The fraction of sp³-hybridized carbons (Fsp3) is 0.417. The number of aromatic hydroxyl groups is 1. The largest absolute Gasteiger partial charge is 0.508 e. The van der Waals surface area contributed by atoms with Crippen molar-refractivity contribution in [2.24, 2.45) is 5.92 Å². The zero-order chi connectivity index (χ0) is 19.1. The van der Waals surface area contributed by atoms with Gasteiger partial charge in [-0.25, -0.2) is 0 Å². The second kappa shape index (κ2) is 6.81. The Balaban J connectivity index is 1.70. The van der Waals surface area contributed by atoms with Crippen LogP contribution in [0.1, 0.15) is 42.4 Å². The lowest BCUT2D eigenvalue weighted by molar-refractivity contribution is -0.138. The number of hydrogen-bond acceptors (Lipinski definition) is 3. The van der Waals surface area contributed by atoms with Crippen molar-refractivity contribution in [1.82, 2.24) is 0 Å². The van der Waals surface area contributed by atoms with Gasteiger partial charge >= 0.3 is 0 Å². The summed E-state index contributed by atoms with van der Waals surface area (Å²) >= 11 is 0. The maximum Gasteiger partial charge on any atom is 0.115 e. The highest BCUT2D eigenvalue weighted by Crippen LogP contribution is 2.55. The summed E-state index contributed by atoms with van der Waals surface area (Å²) in [6.45, 7) is 3.97. The van der Waals surface area contributed by atoms with E-state index in [0.717, 1.165) is 30.4 Å². The number of allylic oxidation sites excluding steroid dienone is 1. The van der Waals surface area contributed by atoms with Crippen LogP contribution in [0.25, 0.3) is 0 Å². The molecule has 3 nitrogen and oxygen atoms in total. The first-order chi connectivity index (χ1) is 13.0.